The molecule has 0 radical (unpaired) electrons. The van der Waals surface area contributed by atoms with E-state index in [1.165, 1.54) is 11.8 Å². The van der Waals surface area contributed by atoms with Gasteiger partial charge in [0.25, 0.3) is 0 Å². The molecule has 0 N–H and O–H groups in total. The molecule has 3 rings (SSSR count). The number of amidine groups is 1. The standard InChI is InChI=1S/C18H24N2O4S2/c1-3-4-5-17(21)19-18-20(10-13-6-8-14(24-2)9-7-13)15-11-26(22,23)12-16(15)25-18/h6-9,15-16H,3-5,10-12H2,1-2H3/t15-,16+/m0/s1. The molecule has 2 atom stereocenters. The highest BCUT2D eigenvalue weighted by molar-refractivity contribution is 8.15. The summed E-state index contributed by atoms with van der Waals surface area (Å²) in [6.07, 6.45) is 2.20. The topological polar surface area (TPSA) is 76.0 Å². The predicted molar refractivity (Wildman–Crippen MR) is 104 cm³/mol. The number of methoxy groups -OCH3 is 1. The largest absolute Gasteiger partial charge is 0.497 e. The molecule has 2 fully saturated rings. The Labute approximate surface area is 158 Å². The molecule has 2 saturated heterocycles. The number of carbonyl (C=O) groups excluding carboxylic acids is 1. The molecule has 2 heterocycles. The van der Waals surface area contributed by atoms with Crippen LogP contribution in [0.15, 0.2) is 29.3 Å². The first kappa shape index (κ1) is 19.2. The van der Waals surface area contributed by atoms with Gasteiger partial charge in [-0.05, 0) is 24.1 Å². The summed E-state index contributed by atoms with van der Waals surface area (Å²) >= 11 is 1.43. The minimum Gasteiger partial charge on any atom is -0.497 e. The van der Waals surface area contributed by atoms with E-state index in [-0.39, 0.29) is 28.7 Å². The third-order valence-corrected chi connectivity index (χ3v) is 7.90. The molecule has 1 aromatic rings. The first-order valence-corrected chi connectivity index (χ1v) is 11.5. The Morgan fingerprint density at radius 3 is 2.69 bits per heavy atom. The van der Waals surface area contributed by atoms with Crippen LogP contribution < -0.4 is 4.74 Å². The van der Waals surface area contributed by atoms with E-state index in [2.05, 4.69) is 4.99 Å². The van der Waals surface area contributed by atoms with E-state index in [0.717, 1.165) is 24.2 Å². The highest BCUT2D eigenvalue weighted by Gasteiger charge is 2.48. The molecule has 2 aliphatic rings. The Morgan fingerprint density at radius 1 is 1.31 bits per heavy atom. The summed E-state index contributed by atoms with van der Waals surface area (Å²) in [5, 5.41) is 0.614. The van der Waals surface area contributed by atoms with Crippen LogP contribution in [0.2, 0.25) is 0 Å². The van der Waals surface area contributed by atoms with Crippen molar-refractivity contribution < 1.29 is 17.9 Å². The number of hydrogen-bond acceptors (Lipinski definition) is 5. The fourth-order valence-corrected chi connectivity index (χ4v) is 7.21. The lowest BCUT2D eigenvalue weighted by Gasteiger charge is -2.24. The van der Waals surface area contributed by atoms with Crippen molar-refractivity contribution >= 4 is 32.7 Å². The maximum atomic E-state index is 12.1. The van der Waals surface area contributed by atoms with Crippen LogP contribution >= 0.6 is 11.8 Å². The second-order valence-corrected chi connectivity index (χ2v) is 10.0. The van der Waals surface area contributed by atoms with Gasteiger partial charge in [-0.3, -0.25) is 4.79 Å². The molecule has 8 heteroatoms. The van der Waals surface area contributed by atoms with Gasteiger partial charge in [-0.1, -0.05) is 37.2 Å². The fourth-order valence-electron chi connectivity index (χ4n) is 3.24. The SMILES string of the molecule is CCCCC(=O)N=C1S[C@@H]2CS(=O)(=O)C[C@@H]2N1Cc1ccc(OC)cc1. The summed E-state index contributed by atoms with van der Waals surface area (Å²) in [7, 11) is -1.41. The van der Waals surface area contributed by atoms with E-state index in [1.807, 2.05) is 36.1 Å². The zero-order chi connectivity index (χ0) is 18.7. The number of rotatable bonds is 6. The number of sulfone groups is 1. The maximum absolute atomic E-state index is 12.1. The number of carbonyl (C=O) groups is 1. The predicted octanol–water partition coefficient (Wildman–Crippen LogP) is 2.48. The lowest BCUT2D eigenvalue weighted by atomic mass is 10.1. The number of fused-ring (bicyclic) bond motifs is 1. The van der Waals surface area contributed by atoms with Gasteiger partial charge in [0.2, 0.25) is 5.91 Å². The number of benzene rings is 1. The first-order valence-electron chi connectivity index (χ1n) is 8.80. The van der Waals surface area contributed by atoms with Crippen LogP contribution in [0.3, 0.4) is 0 Å². The summed E-state index contributed by atoms with van der Waals surface area (Å²) in [5.41, 5.74) is 1.03. The lowest BCUT2D eigenvalue weighted by molar-refractivity contribution is -0.117. The molecule has 2 aliphatic heterocycles. The van der Waals surface area contributed by atoms with E-state index < -0.39 is 9.84 Å². The number of amides is 1. The molecule has 0 unspecified atom stereocenters. The van der Waals surface area contributed by atoms with Crippen molar-refractivity contribution in [3.8, 4) is 5.75 Å². The normalized spacial score (nSPS) is 25.5. The summed E-state index contributed by atoms with van der Waals surface area (Å²) in [5.74, 6) is 0.929. The first-order chi connectivity index (χ1) is 12.4. The van der Waals surface area contributed by atoms with Crippen LogP contribution in [0, 0.1) is 0 Å². The van der Waals surface area contributed by atoms with Gasteiger partial charge in [-0.2, -0.15) is 4.99 Å². The quantitative estimate of drug-likeness (QED) is 0.735. The molecule has 1 amide bonds. The van der Waals surface area contributed by atoms with Gasteiger partial charge in [0, 0.05) is 18.2 Å². The van der Waals surface area contributed by atoms with Gasteiger partial charge in [0.05, 0.1) is 24.7 Å². The van der Waals surface area contributed by atoms with Gasteiger partial charge in [-0.25, -0.2) is 8.42 Å². The summed E-state index contributed by atoms with van der Waals surface area (Å²) in [6.45, 7) is 2.57. The zero-order valence-corrected chi connectivity index (χ0v) is 16.7. The molecule has 1 aromatic carbocycles. The highest BCUT2D eigenvalue weighted by atomic mass is 32.2. The van der Waals surface area contributed by atoms with Crippen LogP contribution in [0.1, 0.15) is 31.7 Å². The number of hydrogen-bond donors (Lipinski definition) is 0. The molecular formula is C18H24N2O4S2. The molecule has 0 saturated carbocycles. The Hall–Kier alpha value is -1.54. The third-order valence-electron chi connectivity index (χ3n) is 4.65. The Morgan fingerprint density at radius 2 is 2.04 bits per heavy atom. The molecule has 0 bridgehead atoms. The summed E-state index contributed by atoms with van der Waals surface area (Å²) in [4.78, 5) is 18.4. The Bertz CT molecular complexity index is 790. The van der Waals surface area contributed by atoms with E-state index >= 15 is 0 Å². The molecule has 26 heavy (non-hydrogen) atoms. The van der Waals surface area contributed by atoms with E-state index in [1.54, 1.807) is 7.11 Å². The molecule has 0 aliphatic carbocycles. The molecular weight excluding hydrogens is 372 g/mol. The summed E-state index contributed by atoms with van der Waals surface area (Å²) < 4.78 is 29.2. The van der Waals surface area contributed by atoms with Crippen LogP contribution in [-0.2, 0) is 21.2 Å². The van der Waals surface area contributed by atoms with Crippen molar-refractivity contribution in [2.75, 3.05) is 18.6 Å². The van der Waals surface area contributed by atoms with Crippen molar-refractivity contribution in [3.05, 3.63) is 29.8 Å². The minimum absolute atomic E-state index is 0.0454. The van der Waals surface area contributed by atoms with Gasteiger partial charge < -0.3 is 9.64 Å². The van der Waals surface area contributed by atoms with Crippen LogP contribution in [0.5, 0.6) is 5.75 Å². The minimum atomic E-state index is -3.03. The number of aliphatic imine (C=N–C) groups is 1. The number of thioether (sulfide) groups is 1. The van der Waals surface area contributed by atoms with Gasteiger partial charge in [-0.15, -0.1) is 0 Å². The van der Waals surface area contributed by atoms with Crippen molar-refractivity contribution in [1.29, 1.82) is 0 Å². The van der Waals surface area contributed by atoms with Crippen molar-refractivity contribution in [2.24, 2.45) is 4.99 Å². The van der Waals surface area contributed by atoms with Crippen molar-refractivity contribution in [2.45, 2.75) is 44.0 Å². The molecule has 0 aromatic heterocycles. The fraction of sp³-hybridized carbons (Fsp3) is 0.556. The van der Waals surface area contributed by atoms with Gasteiger partial charge in [0.1, 0.15) is 5.75 Å². The van der Waals surface area contributed by atoms with Crippen LogP contribution in [0.25, 0.3) is 0 Å². The van der Waals surface area contributed by atoms with Crippen molar-refractivity contribution in [3.63, 3.8) is 0 Å². The molecule has 6 nitrogen and oxygen atoms in total. The second kappa shape index (κ2) is 8.00. The van der Waals surface area contributed by atoms with Gasteiger partial charge >= 0.3 is 0 Å². The van der Waals surface area contributed by atoms with E-state index in [4.69, 9.17) is 4.74 Å². The second-order valence-electron chi connectivity index (χ2n) is 6.67. The van der Waals surface area contributed by atoms with E-state index in [9.17, 15) is 13.2 Å². The lowest BCUT2D eigenvalue weighted by Crippen LogP contribution is -2.37. The number of nitrogens with zero attached hydrogens (tertiary/aromatic N) is 2. The average Bonchev–Trinajstić information content (AvgIpc) is 3.06. The Balaban J connectivity index is 1.82. The summed E-state index contributed by atoms with van der Waals surface area (Å²) in [6, 6.07) is 7.55. The zero-order valence-electron chi connectivity index (χ0n) is 15.1. The number of unbranched alkanes of at least 4 members (excludes halogenated alkanes) is 1. The third kappa shape index (κ3) is 4.40. The molecule has 142 valence electrons. The Kier molecular flexibility index (Phi) is 5.92. The van der Waals surface area contributed by atoms with Crippen LogP contribution in [0.4, 0.5) is 0 Å². The van der Waals surface area contributed by atoms with E-state index in [0.29, 0.717) is 18.1 Å². The average molecular weight is 397 g/mol. The number of ether oxygens (including phenoxy) is 1. The smallest absolute Gasteiger partial charge is 0.248 e. The highest BCUT2D eigenvalue weighted by Crippen LogP contribution is 2.39. The van der Waals surface area contributed by atoms with Crippen LogP contribution in [-0.4, -0.2) is 54.3 Å². The van der Waals surface area contributed by atoms with Crippen molar-refractivity contribution in [1.82, 2.24) is 4.90 Å². The molecule has 0 spiro atoms. The van der Waals surface area contributed by atoms with Gasteiger partial charge in [0.15, 0.2) is 15.0 Å². The monoisotopic (exact) mass is 396 g/mol. The maximum Gasteiger partial charge on any atom is 0.248 e.